The Hall–Kier alpha value is -2.97. The number of rotatable bonds is 10. The van der Waals surface area contributed by atoms with Gasteiger partial charge in [-0.05, 0) is 24.6 Å². The molecule has 152 valence electrons. The van der Waals surface area contributed by atoms with Gasteiger partial charge in [0.2, 0.25) is 5.91 Å². The fourth-order valence-electron chi connectivity index (χ4n) is 2.80. The van der Waals surface area contributed by atoms with Crippen molar-refractivity contribution < 1.29 is 18.7 Å². The first-order valence-electron chi connectivity index (χ1n) is 9.31. The maximum atomic E-state index is 12.6. The van der Waals surface area contributed by atoms with Crippen LogP contribution in [0.15, 0.2) is 58.5 Å². The third kappa shape index (κ3) is 6.85. The Balaban J connectivity index is 1.59. The first kappa shape index (κ1) is 20.8. The summed E-state index contributed by atoms with van der Waals surface area (Å²) in [6, 6.07) is 13.7. The fourth-order valence-corrected chi connectivity index (χ4v) is 3.53. The van der Waals surface area contributed by atoms with Crippen LogP contribution in [-0.4, -0.2) is 34.9 Å². The number of nitrogens with zero attached hydrogens (tertiary/aromatic N) is 2. The van der Waals surface area contributed by atoms with E-state index in [2.05, 4.69) is 10.3 Å². The second-order valence-electron chi connectivity index (χ2n) is 6.38. The van der Waals surface area contributed by atoms with Gasteiger partial charge in [0.25, 0.3) is 0 Å². The van der Waals surface area contributed by atoms with Crippen LogP contribution in [0.1, 0.15) is 23.9 Å². The predicted octanol–water partition coefficient (Wildman–Crippen LogP) is 3.48. The summed E-state index contributed by atoms with van der Waals surface area (Å²) in [5.74, 6) is 0.285. The van der Waals surface area contributed by atoms with Gasteiger partial charge in [-0.1, -0.05) is 30.3 Å². The fraction of sp³-hybridized carbons (Fsp3) is 0.286. The van der Waals surface area contributed by atoms with E-state index >= 15 is 0 Å². The van der Waals surface area contributed by atoms with Crippen LogP contribution >= 0.6 is 11.3 Å². The van der Waals surface area contributed by atoms with E-state index in [9.17, 15) is 9.59 Å². The Morgan fingerprint density at radius 3 is 2.72 bits per heavy atom. The Morgan fingerprint density at radius 2 is 2.00 bits per heavy atom. The summed E-state index contributed by atoms with van der Waals surface area (Å²) in [5, 5.41) is 5.02. The van der Waals surface area contributed by atoms with Crippen LogP contribution in [0.4, 0.5) is 5.13 Å². The van der Waals surface area contributed by atoms with E-state index in [0.717, 1.165) is 11.3 Å². The van der Waals surface area contributed by atoms with Crippen LogP contribution in [0.5, 0.6) is 0 Å². The van der Waals surface area contributed by atoms with E-state index < -0.39 is 0 Å². The van der Waals surface area contributed by atoms with Crippen molar-refractivity contribution in [2.75, 3.05) is 18.5 Å². The van der Waals surface area contributed by atoms with Crippen molar-refractivity contribution in [3.8, 4) is 0 Å². The summed E-state index contributed by atoms with van der Waals surface area (Å²) in [5.41, 5.74) is 1.69. The normalized spacial score (nSPS) is 10.8. The highest BCUT2D eigenvalue weighted by atomic mass is 32.1. The second-order valence-corrected chi connectivity index (χ2v) is 7.24. The van der Waals surface area contributed by atoms with Gasteiger partial charge in [-0.15, -0.1) is 11.3 Å². The molecule has 8 heteroatoms. The molecule has 0 spiro atoms. The summed E-state index contributed by atoms with van der Waals surface area (Å²) in [6.45, 7) is 3.40. The van der Waals surface area contributed by atoms with Gasteiger partial charge < -0.3 is 14.5 Å². The number of furan rings is 1. The number of hydrogen-bond donors (Lipinski definition) is 1. The molecule has 0 saturated heterocycles. The minimum atomic E-state index is -0.330. The maximum absolute atomic E-state index is 12.6. The Bertz CT molecular complexity index is 909. The molecule has 1 amide bonds. The predicted molar refractivity (Wildman–Crippen MR) is 110 cm³/mol. The van der Waals surface area contributed by atoms with Crippen molar-refractivity contribution in [3.05, 3.63) is 71.1 Å². The number of ether oxygens (including phenoxy) is 1. The number of carbonyl (C=O) groups is 2. The molecular weight excluding hydrogens is 390 g/mol. The number of amides is 1. The quantitative estimate of drug-likeness (QED) is 0.512. The third-order valence-corrected chi connectivity index (χ3v) is 4.81. The number of hydrogen-bond acceptors (Lipinski definition) is 7. The summed E-state index contributed by atoms with van der Waals surface area (Å²) >= 11 is 1.29. The minimum Gasteiger partial charge on any atom is -0.468 e. The van der Waals surface area contributed by atoms with Gasteiger partial charge in [0.05, 0.1) is 38.1 Å². The summed E-state index contributed by atoms with van der Waals surface area (Å²) < 4.78 is 10.4. The van der Waals surface area contributed by atoms with E-state index in [1.54, 1.807) is 18.6 Å². The number of thiazole rings is 1. The number of esters is 1. The smallest absolute Gasteiger partial charge is 0.311 e. The molecule has 0 bridgehead atoms. The first-order chi connectivity index (χ1) is 14.1. The lowest BCUT2D eigenvalue weighted by molar-refractivity contribution is -0.142. The Labute approximate surface area is 173 Å². The zero-order chi connectivity index (χ0) is 20.5. The third-order valence-electron chi connectivity index (χ3n) is 4.00. The first-order valence-corrected chi connectivity index (χ1v) is 10.2. The highest BCUT2D eigenvalue weighted by Gasteiger charge is 2.15. The van der Waals surface area contributed by atoms with Gasteiger partial charge in [-0.2, -0.15) is 0 Å². The van der Waals surface area contributed by atoms with Crippen molar-refractivity contribution >= 4 is 28.3 Å². The molecule has 0 aliphatic carbocycles. The monoisotopic (exact) mass is 413 g/mol. The lowest BCUT2D eigenvalue weighted by Gasteiger charge is -2.20. The molecule has 2 heterocycles. The van der Waals surface area contributed by atoms with Gasteiger partial charge in [0.1, 0.15) is 5.76 Å². The average molecular weight is 413 g/mol. The average Bonchev–Trinajstić information content (AvgIpc) is 3.35. The van der Waals surface area contributed by atoms with E-state index in [1.165, 1.54) is 11.3 Å². The summed E-state index contributed by atoms with van der Waals surface area (Å²) in [7, 11) is 0. The number of anilines is 1. The van der Waals surface area contributed by atoms with Crippen molar-refractivity contribution in [1.29, 1.82) is 0 Å². The Kier molecular flexibility index (Phi) is 7.54. The summed E-state index contributed by atoms with van der Waals surface area (Å²) in [4.78, 5) is 30.4. The van der Waals surface area contributed by atoms with E-state index in [0.29, 0.717) is 30.5 Å². The van der Waals surface area contributed by atoms with Crippen LogP contribution in [0.3, 0.4) is 0 Å². The van der Waals surface area contributed by atoms with Crippen molar-refractivity contribution in [3.63, 3.8) is 0 Å². The van der Waals surface area contributed by atoms with Gasteiger partial charge in [0, 0.05) is 11.9 Å². The molecule has 0 aliphatic heterocycles. The number of benzene rings is 1. The summed E-state index contributed by atoms with van der Waals surface area (Å²) in [6.07, 6.45) is 1.72. The van der Waals surface area contributed by atoms with Crippen LogP contribution < -0.4 is 5.32 Å². The largest absolute Gasteiger partial charge is 0.468 e. The lowest BCUT2D eigenvalue weighted by Crippen LogP contribution is -2.32. The van der Waals surface area contributed by atoms with Crippen LogP contribution in [0.2, 0.25) is 0 Å². The maximum Gasteiger partial charge on any atom is 0.311 e. The Morgan fingerprint density at radius 1 is 1.17 bits per heavy atom. The van der Waals surface area contributed by atoms with E-state index in [1.807, 2.05) is 47.4 Å². The molecule has 0 fully saturated rings. The number of carbonyl (C=O) groups excluding carboxylic acids is 2. The highest BCUT2D eigenvalue weighted by Crippen LogP contribution is 2.17. The SMILES string of the molecule is CCOC(=O)Cc1csc(NC(=O)CN(Cc2ccccc2)Cc2ccco2)n1. The minimum absolute atomic E-state index is 0.0961. The van der Waals surface area contributed by atoms with Crippen molar-refractivity contribution in [1.82, 2.24) is 9.88 Å². The lowest BCUT2D eigenvalue weighted by atomic mass is 10.2. The molecule has 0 radical (unpaired) electrons. The highest BCUT2D eigenvalue weighted by molar-refractivity contribution is 7.13. The second kappa shape index (κ2) is 10.5. The standard InChI is InChI=1S/C21H23N3O4S/c1-2-27-20(26)11-17-15-29-21(22-17)23-19(25)14-24(13-18-9-6-10-28-18)12-16-7-4-3-5-8-16/h3-10,15H,2,11-14H2,1H3,(H,22,23,25). The molecule has 0 atom stereocenters. The molecule has 3 aromatic rings. The molecule has 3 rings (SSSR count). The van der Waals surface area contributed by atoms with Crippen LogP contribution in [-0.2, 0) is 33.8 Å². The molecule has 29 heavy (non-hydrogen) atoms. The molecular formula is C21H23N3O4S. The topological polar surface area (TPSA) is 84.7 Å². The molecule has 2 aromatic heterocycles. The number of aromatic nitrogens is 1. The zero-order valence-electron chi connectivity index (χ0n) is 16.2. The van der Waals surface area contributed by atoms with Gasteiger partial charge in [-0.25, -0.2) is 4.98 Å². The van der Waals surface area contributed by atoms with E-state index in [-0.39, 0.29) is 24.8 Å². The van der Waals surface area contributed by atoms with Crippen molar-refractivity contribution in [2.45, 2.75) is 26.4 Å². The van der Waals surface area contributed by atoms with Gasteiger partial charge in [0.15, 0.2) is 5.13 Å². The molecule has 0 unspecified atom stereocenters. The van der Waals surface area contributed by atoms with Gasteiger partial charge >= 0.3 is 5.97 Å². The van der Waals surface area contributed by atoms with E-state index in [4.69, 9.17) is 9.15 Å². The number of nitrogens with one attached hydrogen (secondary N) is 1. The molecule has 7 nitrogen and oxygen atoms in total. The van der Waals surface area contributed by atoms with Crippen molar-refractivity contribution in [2.24, 2.45) is 0 Å². The molecule has 0 saturated carbocycles. The zero-order valence-corrected chi connectivity index (χ0v) is 17.0. The van der Waals surface area contributed by atoms with Gasteiger partial charge in [-0.3, -0.25) is 14.5 Å². The molecule has 1 aromatic carbocycles. The van der Waals surface area contributed by atoms with Crippen LogP contribution in [0, 0.1) is 0 Å². The van der Waals surface area contributed by atoms with Crippen LogP contribution in [0.25, 0.3) is 0 Å². The molecule has 0 aliphatic rings. The molecule has 1 N–H and O–H groups in total.